The van der Waals surface area contributed by atoms with Gasteiger partial charge in [-0.3, -0.25) is 0 Å². The van der Waals surface area contributed by atoms with E-state index in [4.69, 9.17) is 11.6 Å². The van der Waals surface area contributed by atoms with Crippen LogP contribution in [0.1, 0.15) is 11.7 Å². The monoisotopic (exact) mass is 312 g/mol. The highest BCUT2D eigenvalue weighted by molar-refractivity contribution is 9.12. The summed E-state index contributed by atoms with van der Waals surface area (Å²) in [6.45, 7) is 0. The molecule has 0 bridgehead atoms. The summed E-state index contributed by atoms with van der Waals surface area (Å²) in [5.41, 5.74) is 0.440. The lowest BCUT2D eigenvalue weighted by atomic mass is 10.1. The van der Waals surface area contributed by atoms with Crippen molar-refractivity contribution in [3.8, 4) is 0 Å². The van der Waals surface area contributed by atoms with Crippen LogP contribution < -0.4 is 0 Å². The summed E-state index contributed by atoms with van der Waals surface area (Å²) in [6.07, 6.45) is -0.364. The second kappa shape index (κ2) is 4.41. The Hall–Kier alpha value is -0.100. The van der Waals surface area contributed by atoms with E-state index < -0.39 is 19.1 Å². The zero-order chi connectivity index (χ0) is 11.7. The molecule has 84 valence electrons. The molecule has 0 aliphatic heterocycles. The van der Waals surface area contributed by atoms with Gasteiger partial charge in [-0.05, 0) is 21.5 Å². The van der Waals surface area contributed by atoms with Crippen LogP contribution in [0.4, 0.5) is 0 Å². The number of hydrogen-bond donors (Lipinski definition) is 1. The molecule has 0 aromatic heterocycles. The third kappa shape index (κ3) is 2.72. The van der Waals surface area contributed by atoms with Crippen LogP contribution in [0.25, 0.3) is 0 Å². The Bertz CT molecular complexity index is 430. The molecule has 1 aromatic rings. The van der Waals surface area contributed by atoms with E-state index in [9.17, 15) is 13.5 Å². The number of rotatable bonds is 3. The third-order valence-corrected chi connectivity index (χ3v) is 6.39. The van der Waals surface area contributed by atoms with E-state index in [2.05, 4.69) is 15.9 Å². The Morgan fingerprint density at radius 3 is 2.27 bits per heavy atom. The Labute approximate surface area is 102 Å². The average molecular weight is 314 g/mol. The smallest absolute Gasteiger partial charge is 0.228 e. The van der Waals surface area contributed by atoms with Gasteiger partial charge in [0.15, 0.2) is 9.84 Å². The van der Waals surface area contributed by atoms with Gasteiger partial charge in [-0.15, -0.1) is 0 Å². The molecule has 2 atom stereocenters. The zero-order valence-electron chi connectivity index (χ0n) is 7.89. The lowest BCUT2D eigenvalue weighted by Crippen LogP contribution is -2.32. The second-order valence-corrected chi connectivity index (χ2v) is 8.39. The fourth-order valence-corrected chi connectivity index (χ4v) is 1.96. The van der Waals surface area contributed by atoms with Gasteiger partial charge in [-0.2, -0.15) is 0 Å². The van der Waals surface area contributed by atoms with Crippen LogP contribution in [-0.2, 0) is 9.84 Å². The van der Waals surface area contributed by atoms with Gasteiger partial charge in [0.25, 0.3) is 0 Å². The summed E-state index contributed by atoms with van der Waals surface area (Å²) in [4.78, 5) is 0. The summed E-state index contributed by atoms with van der Waals surface area (Å²) >= 11 is 8.61. The maximum Gasteiger partial charge on any atom is 0.228 e. The summed E-state index contributed by atoms with van der Waals surface area (Å²) < 4.78 is 20.8. The van der Waals surface area contributed by atoms with Crippen LogP contribution in [-0.4, -0.2) is 22.9 Å². The van der Waals surface area contributed by atoms with Crippen LogP contribution >= 0.6 is 27.5 Å². The van der Waals surface area contributed by atoms with Crippen molar-refractivity contribution >= 4 is 37.4 Å². The second-order valence-electron chi connectivity index (χ2n) is 3.15. The standard InChI is InChI=1S/C9H10BrClO3S/c1-15(13,14)9(10,11)8(12)7-5-3-2-4-6-7/h2-6,8,12H,1H3/t8-,9-/m0/s1. The van der Waals surface area contributed by atoms with Gasteiger partial charge in [0.1, 0.15) is 6.10 Å². The molecule has 0 saturated carbocycles. The van der Waals surface area contributed by atoms with Crippen molar-refractivity contribution in [1.29, 1.82) is 0 Å². The molecule has 0 fully saturated rings. The fraction of sp³-hybridized carbons (Fsp3) is 0.333. The zero-order valence-corrected chi connectivity index (χ0v) is 11.1. The number of aliphatic hydroxyl groups is 1. The highest BCUT2D eigenvalue weighted by Crippen LogP contribution is 2.41. The number of alkyl halides is 2. The minimum Gasteiger partial charge on any atom is -0.385 e. The van der Waals surface area contributed by atoms with Crippen LogP contribution in [0.5, 0.6) is 0 Å². The molecule has 0 saturated heterocycles. The molecule has 0 radical (unpaired) electrons. The minimum absolute atomic E-state index is 0.440. The fourth-order valence-electron chi connectivity index (χ4n) is 1.03. The Morgan fingerprint density at radius 1 is 1.40 bits per heavy atom. The highest BCUT2D eigenvalue weighted by atomic mass is 79.9. The van der Waals surface area contributed by atoms with Crippen molar-refractivity contribution in [2.75, 3.05) is 6.26 Å². The first-order valence-corrected chi connectivity index (χ1v) is 7.13. The molecule has 0 aliphatic rings. The number of hydrogen-bond acceptors (Lipinski definition) is 3. The quantitative estimate of drug-likeness (QED) is 0.869. The summed E-state index contributed by atoms with van der Waals surface area (Å²) in [6, 6.07) is 8.37. The minimum atomic E-state index is -3.62. The topological polar surface area (TPSA) is 54.4 Å². The van der Waals surface area contributed by atoms with E-state index >= 15 is 0 Å². The molecule has 1 rings (SSSR count). The largest absolute Gasteiger partial charge is 0.385 e. The third-order valence-electron chi connectivity index (χ3n) is 1.93. The molecule has 3 nitrogen and oxygen atoms in total. The number of halogens is 2. The van der Waals surface area contributed by atoms with Crippen LogP contribution in [0.2, 0.25) is 0 Å². The summed E-state index contributed by atoms with van der Waals surface area (Å²) in [7, 11) is -3.62. The molecular formula is C9H10BrClO3S. The van der Waals surface area contributed by atoms with E-state index in [-0.39, 0.29) is 0 Å². The van der Waals surface area contributed by atoms with Gasteiger partial charge < -0.3 is 5.11 Å². The van der Waals surface area contributed by atoms with Crippen molar-refractivity contribution in [3.63, 3.8) is 0 Å². The number of sulfone groups is 1. The van der Waals surface area contributed by atoms with Crippen LogP contribution in [0, 0.1) is 0 Å². The molecule has 1 N–H and O–H groups in total. The predicted molar refractivity (Wildman–Crippen MR) is 63.8 cm³/mol. The SMILES string of the molecule is CS(=O)(=O)[C@](Cl)(Br)[C@@H](O)c1ccccc1. The summed E-state index contributed by atoms with van der Waals surface area (Å²) in [5, 5.41) is 9.83. The average Bonchev–Trinajstić information content (AvgIpc) is 2.16. The number of benzene rings is 1. The van der Waals surface area contributed by atoms with Gasteiger partial charge in [-0.25, -0.2) is 8.42 Å². The molecular weight excluding hydrogens is 304 g/mol. The molecule has 0 heterocycles. The van der Waals surface area contributed by atoms with E-state index in [1.54, 1.807) is 30.3 Å². The van der Waals surface area contributed by atoms with Crippen molar-refractivity contribution in [2.45, 2.75) is 9.22 Å². The van der Waals surface area contributed by atoms with Crippen molar-refractivity contribution in [1.82, 2.24) is 0 Å². The summed E-state index contributed by atoms with van der Waals surface area (Å²) in [5.74, 6) is 0. The molecule has 0 unspecified atom stereocenters. The maximum absolute atomic E-state index is 11.3. The van der Waals surface area contributed by atoms with Gasteiger partial charge in [0, 0.05) is 6.26 Å². The lowest BCUT2D eigenvalue weighted by Gasteiger charge is -2.24. The first kappa shape index (κ1) is 13.0. The molecule has 1 aromatic carbocycles. The normalized spacial score (nSPS) is 18.1. The molecule has 6 heteroatoms. The Kier molecular flexibility index (Phi) is 3.81. The molecule has 0 aliphatic carbocycles. The van der Waals surface area contributed by atoms with Crippen LogP contribution in [0.15, 0.2) is 30.3 Å². The van der Waals surface area contributed by atoms with E-state index in [0.717, 1.165) is 6.26 Å². The van der Waals surface area contributed by atoms with E-state index in [1.165, 1.54) is 0 Å². The van der Waals surface area contributed by atoms with E-state index in [1.807, 2.05) is 0 Å². The Morgan fingerprint density at radius 2 is 1.87 bits per heavy atom. The van der Waals surface area contributed by atoms with Gasteiger partial charge in [0.05, 0.1) is 0 Å². The van der Waals surface area contributed by atoms with Crippen molar-refractivity contribution in [2.24, 2.45) is 0 Å². The molecule has 0 spiro atoms. The van der Waals surface area contributed by atoms with Gasteiger partial charge in [-0.1, -0.05) is 41.9 Å². The maximum atomic E-state index is 11.3. The van der Waals surface area contributed by atoms with Crippen molar-refractivity contribution < 1.29 is 13.5 Å². The number of aliphatic hydroxyl groups excluding tert-OH is 1. The first-order valence-electron chi connectivity index (χ1n) is 4.07. The van der Waals surface area contributed by atoms with Gasteiger partial charge >= 0.3 is 0 Å². The predicted octanol–water partition coefficient (Wildman–Crippen LogP) is 2.05. The van der Waals surface area contributed by atoms with Crippen molar-refractivity contribution in [3.05, 3.63) is 35.9 Å². The van der Waals surface area contributed by atoms with Gasteiger partial charge in [0.2, 0.25) is 3.12 Å². The lowest BCUT2D eigenvalue weighted by molar-refractivity contribution is 0.185. The van der Waals surface area contributed by atoms with Crippen LogP contribution in [0.3, 0.4) is 0 Å². The highest BCUT2D eigenvalue weighted by Gasteiger charge is 2.44. The Balaban J connectivity index is 3.11. The first-order chi connectivity index (χ1) is 6.77. The molecule has 15 heavy (non-hydrogen) atoms. The van der Waals surface area contributed by atoms with E-state index in [0.29, 0.717) is 5.56 Å². The molecule has 0 amide bonds.